The van der Waals surface area contributed by atoms with Crippen LogP contribution in [0.15, 0.2) is 36.9 Å². The summed E-state index contributed by atoms with van der Waals surface area (Å²) in [5.41, 5.74) is 4.88. The largest absolute Gasteiger partial charge is 0.327 e. The normalized spacial score (nSPS) is 18.3. The van der Waals surface area contributed by atoms with Gasteiger partial charge in [0.2, 0.25) is 0 Å². The van der Waals surface area contributed by atoms with Gasteiger partial charge in [0.25, 0.3) is 11.8 Å². The maximum Gasteiger partial charge on any atom is 0.291 e. The Morgan fingerprint density at radius 3 is 2.39 bits per heavy atom. The van der Waals surface area contributed by atoms with Crippen molar-refractivity contribution in [3.63, 3.8) is 0 Å². The van der Waals surface area contributed by atoms with Crippen LogP contribution in [-0.2, 0) is 12.5 Å². The zero-order chi connectivity index (χ0) is 23.4. The molecule has 33 heavy (non-hydrogen) atoms. The van der Waals surface area contributed by atoms with E-state index < -0.39 is 5.92 Å². The van der Waals surface area contributed by atoms with Gasteiger partial charge in [0.1, 0.15) is 5.82 Å². The minimum atomic E-state index is -3.08. The van der Waals surface area contributed by atoms with Crippen molar-refractivity contribution in [3.8, 4) is 11.4 Å². The van der Waals surface area contributed by atoms with Gasteiger partial charge in [0.05, 0.1) is 0 Å². The number of halogens is 2. The van der Waals surface area contributed by atoms with E-state index >= 15 is 0 Å². The maximum absolute atomic E-state index is 14.0. The number of amides is 1. The van der Waals surface area contributed by atoms with E-state index in [1.165, 1.54) is 37.8 Å². The van der Waals surface area contributed by atoms with Gasteiger partial charge in [0, 0.05) is 36.5 Å². The van der Waals surface area contributed by atoms with E-state index in [9.17, 15) is 13.6 Å². The van der Waals surface area contributed by atoms with Crippen LogP contribution in [0.3, 0.4) is 0 Å². The summed E-state index contributed by atoms with van der Waals surface area (Å²) in [5, 5.41) is 1.97. The predicted molar refractivity (Wildman–Crippen MR) is 126 cm³/mol. The summed E-state index contributed by atoms with van der Waals surface area (Å²) in [5.74, 6) is -2.08. The molecule has 178 valence electrons. The molecule has 4 rings (SSSR count). The molecule has 0 unspecified atom stereocenters. The maximum atomic E-state index is 14.0. The number of rotatable bonds is 7. The number of imidazole rings is 1. The minimum Gasteiger partial charge on any atom is -0.327 e. The number of carbonyl (C=O) groups is 1. The summed E-state index contributed by atoms with van der Waals surface area (Å²) in [6, 6.07) is 6.16. The number of nitrogens with zero attached hydrogens (tertiary/aromatic N) is 3. The molecule has 1 aromatic heterocycles. The third-order valence-corrected chi connectivity index (χ3v) is 7.00. The molecule has 1 aliphatic heterocycles. The fraction of sp³-hybridized carbons (Fsp3) is 0.538. The predicted octanol–water partition coefficient (Wildman–Crippen LogP) is 5.85. The van der Waals surface area contributed by atoms with Crippen molar-refractivity contribution in [2.75, 3.05) is 13.1 Å². The van der Waals surface area contributed by atoms with Crippen LogP contribution in [0.2, 0.25) is 0 Å². The average Bonchev–Trinajstić information content (AvgIpc) is 3.16. The quantitative estimate of drug-likeness (QED) is 0.532. The van der Waals surface area contributed by atoms with Crippen molar-refractivity contribution in [1.82, 2.24) is 20.0 Å². The van der Waals surface area contributed by atoms with E-state index in [2.05, 4.69) is 16.6 Å². The average molecular weight is 457 g/mol. The smallest absolute Gasteiger partial charge is 0.291 e. The number of aromatic nitrogens is 2. The first kappa shape index (κ1) is 23.6. The number of allylic oxidation sites excluding steroid dienone is 1. The van der Waals surface area contributed by atoms with E-state index in [-0.39, 0.29) is 11.5 Å². The van der Waals surface area contributed by atoms with E-state index in [0.717, 1.165) is 56.6 Å². The number of hydrogen-bond acceptors (Lipinski definition) is 3. The summed E-state index contributed by atoms with van der Waals surface area (Å²) >= 11 is 0. The summed E-state index contributed by atoms with van der Waals surface area (Å²) in [6.45, 7) is 7.65. The molecular formula is C26H34F2N4O. The summed E-state index contributed by atoms with van der Waals surface area (Å²) in [7, 11) is 0. The highest BCUT2D eigenvalue weighted by molar-refractivity contribution is 5.93. The third-order valence-electron chi connectivity index (χ3n) is 7.00. The van der Waals surface area contributed by atoms with E-state index in [1.807, 2.05) is 11.9 Å². The Bertz CT molecular complexity index is 971. The topological polar surface area (TPSA) is 50.2 Å². The first-order valence-corrected chi connectivity index (χ1v) is 12.1. The first-order chi connectivity index (χ1) is 15.9. The second-order valence-electron chi connectivity index (χ2n) is 9.38. The molecule has 0 atom stereocenters. The molecule has 1 N–H and O–H groups in total. The number of nitrogens with one attached hydrogen (secondary N) is 1. The zero-order valence-electron chi connectivity index (χ0n) is 19.5. The number of carbonyl (C=O) groups excluding carboxylic acids is 1. The first-order valence-electron chi connectivity index (χ1n) is 12.1. The zero-order valence-corrected chi connectivity index (χ0v) is 19.5. The Labute approximate surface area is 194 Å². The lowest BCUT2D eigenvalue weighted by Crippen LogP contribution is -2.45. The fourth-order valence-corrected chi connectivity index (χ4v) is 4.98. The van der Waals surface area contributed by atoms with E-state index in [4.69, 9.17) is 4.98 Å². The third kappa shape index (κ3) is 5.35. The molecule has 1 aliphatic carbocycles. The summed E-state index contributed by atoms with van der Waals surface area (Å²) < 4.78 is 30.1. The lowest BCUT2D eigenvalue weighted by Gasteiger charge is -2.26. The molecule has 0 bridgehead atoms. The lowest BCUT2D eigenvalue weighted by atomic mass is 9.89. The Kier molecular flexibility index (Phi) is 7.27. The van der Waals surface area contributed by atoms with Gasteiger partial charge in [-0.2, -0.15) is 8.78 Å². The number of alkyl halides is 2. The molecular weight excluding hydrogens is 422 g/mol. The van der Waals surface area contributed by atoms with Crippen LogP contribution in [0.25, 0.3) is 11.4 Å². The van der Waals surface area contributed by atoms with Crippen LogP contribution in [-0.4, -0.2) is 33.6 Å². The van der Waals surface area contributed by atoms with Gasteiger partial charge >= 0.3 is 0 Å². The molecule has 0 radical (unpaired) electrons. The fourth-order valence-electron chi connectivity index (χ4n) is 4.98. The van der Waals surface area contributed by atoms with Crippen LogP contribution in [0.5, 0.6) is 0 Å². The second-order valence-corrected chi connectivity index (χ2v) is 9.38. The molecule has 1 saturated carbocycles. The number of hydrogen-bond donors (Lipinski definition) is 1. The monoisotopic (exact) mass is 456 g/mol. The Hall–Kier alpha value is -2.54. The summed E-state index contributed by atoms with van der Waals surface area (Å²) in [4.78, 5) is 17.8. The van der Waals surface area contributed by atoms with Crippen molar-refractivity contribution in [2.24, 2.45) is 5.92 Å². The van der Waals surface area contributed by atoms with Crippen LogP contribution in [0.1, 0.15) is 73.1 Å². The van der Waals surface area contributed by atoms with E-state index in [0.29, 0.717) is 23.5 Å². The SMILES string of the molecule is C=CC(F)(F)c1ccc(-c2nc(C(=O)NN3CCCCC3)c(C)n2CC2CCCCC2)cc1. The molecule has 1 amide bonds. The van der Waals surface area contributed by atoms with Gasteiger partial charge in [-0.15, -0.1) is 0 Å². The lowest BCUT2D eigenvalue weighted by molar-refractivity contribution is 0.0525. The molecule has 1 saturated heterocycles. The Balaban J connectivity index is 1.65. The highest BCUT2D eigenvalue weighted by Crippen LogP contribution is 2.33. The molecule has 2 aromatic rings. The van der Waals surface area contributed by atoms with E-state index in [1.54, 1.807) is 12.1 Å². The van der Waals surface area contributed by atoms with Crippen LogP contribution in [0.4, 0.5) is 8.78 Å². The van der Waals surface area contributed by atoms with Gasteiger partial charge in [-0.1, -0.05) is 56.5 Å². The van der Waals surface area contributed by atoms with Gasteiger partial charge in [0.15, 0.2) is 5.69 Å². The van der Waals surface area contributed by atoms with Crippen molar-refractivity contribution in [3.05, 3.63) is 53.9 Å². The number of hydrazine groups is 1. The number of piperidine rings is 1. The molecule has 0 spiro atoms. The van der Waals surface area contributed by atoms with Gasteiger partial charge in [-0.3, -0.25) is 10.2 Å². The molecule has 2 fully saturated rings. The van der Waals surface area contributed by atoms with Gasteiger partial charge < -0.3 is 4.57 Å². The molecule has 1 aromatic carbocycles. The van der Waals surface area contributed by atoms with Gasteiger partial charge in [-0.25, -0.2) is 9.99 Å². The van der Waals surface area contributed by atoms with Crippen molar-refractivity contribution >= 4 is 5.91 Å². The molecule has 2 heterocycles. The van der Waals surface area contributed by atoms with Gasteiger partial charge in [-0.05, 0) is 44.6 Å². The Morgan fingerprint density at radius 1 is 1.12 bits per heavy atom. The molecule has 7 heteroatoms. The van der Waals surface area contributed by atoms with Crippen LogP contribution >= 0.6 is 0 Å². The Morgan fingerprint density at radius 2 is 1.76 bits per heavy atom. The molecule has 2 aliphatic rings. The standard InChI is InChI=1S/C26H34F2N4O/c1-3-26(27,28)22-14-12-21(13-15-22)24-29-23(25(33)30-31-16-8-5-9-17-31)19(2)32(24)18-20-10-6-4-7-11-20/h3,12-15,20H,1,4-11,16-18H2,2H3,(H,30,33). The van der Waals surface area contributed by atoms with Crippen molar-refractivity contribution < 1.29 is 13.6 Å². The molecule has 5 nitrogen and oxygen atoms in total. The van der Waals surface area contributed by atoms with Crippen LogP contribution in [0, 0.1) is 12.8 Å². The van der Waals surface area contributed by atoms with Crippen molar-refractivity contribution in [1.29, 1.82) is 0 Å². The summed E-state index contributed by atoms with van der Waals surface area (Å²) in [6.07, 6.45) is 10.0. The van der Waals surface area contributed by atoms with Crippen molar-refractivity contribution in [2.45, 2.75) is 70.8 Å². The minimum absolute atomic E-state index is 0.105. The highest BCUT2D eigenvalue weighted by atomic mass is 19.3. The highest BCUT2D eigenvalue weighted by Gasteiger charge is 2.28. The second kappa shape index (κ2) is 10.2. The number of benzene rings is 1. The van der Waals surface area contributed by atoms with Crippen LogP contribution < -0.4 is 5.43 Å².